The highest BCUT2D eigenvalue weighted by Gasteiger charge is 2.27. The lowest BCUT2D eigenvalue weighted by molar-refractivity contribution is -0.384. The molecule has 0 aliphatic heterocycles. The summed E-state index contributed by atoms with van der Waals surface area (Å²) in [6.07, 6.45) is 0. The number of nitro benzene ring substituents is 1. The highest BCUT2D eigenvalue weighted by molar-refractivity contribution is 7.91. The fourth-order valence-electron chi connectivity index (χ4n) is 2.64. The van der Waals surface area contributed by atoms with E-state index < -0.39 is 20.5 Å². The fourth-order valence-corrected chi connectivity index (χ4v) is 4.21. The molecule has 8 heteroatoms. The van der Waals surface area contributed by atoms with Crippen LogP contribution >= 0.6 is 11.6 Å². The van der Waals surface area contributed by atoms with Crippen LogP contribution in [0.2, 0.25) is 5.02 Å². The van der Waals surface area contributed by atoms with Gasteiger partial charge < -0.3 is 0 Å². The number of ketones is 1. The second-order valence-electron chi connectivity index (χ2n) is 6.09. The molecule has 0 aromatic heterocycles. The first-order valence-electron chi connectivity index (χ1n) is 8.10. The summed E-state index contributed by atoms with van der Waals surface area (Å²) in [5, 5.41) is 11.6. The Bertz CT molecular complexity index is 1170. The predicted molar refractivity (Wildman–Crippen MR) is 105 cm³/mol. The van der Waals surface area contributed by atoms with Crippen molar-refractivity contribution in [2.75, 3.05) is 0 Å². The molecule has 142 valence electrons. The van der Waals surface area contributed by atoms with Gasteiger partial charge in [0.1, 0.15) is 0 Å². The molecule has 28 heavy (non-hydrogen) atoms. The number of carbonyl (C=O) groups is 1. The molecule has 0 radical (unpaired) electrons. The molecule has 3 aromatic carbocycles. The molecular weight excluding hydrogens is 402 g/mol. The first-order chi connectivity index (χ1) is 13.2. The van der Waals surface area contributed by atoms with Crippen molar-refractivity contribution in [1.29, 1.82) is 0 Å². The van der Waals surface area contributed by atoms with Gasteiger partial charge in [0.25, 0.3) is 5.69 Å². The van der Waals surface area contributed by atoms with E-state index in [4.69, 9.17) is 11.6 Å². The van der Waals surface area contributed by atoms with E-state index in [-0.39, 0.29) is 26.6 Å². The summed E-state index contributed by atoms with van der Waals surface area (Å²) < 4.78 is 26.2. The van der Waals surface area contributed by atoms with Gasteiger partial charge in [-0.1, -0.05) is 29.3 Å². The zero-order valence-corrected chi connectivity index (χ0v) is 16.2. The number of benzene rings is 3. The van der Waals surface area contributed by atoms with Crippen LogP contribution in [0.25, 0.3) is 0 Å². The average Bonchev–Trinajstić information content (AvgIpc) is 2.68. The van der Waals surface area contributed by atoms with Gasteiger partial charge in [0.05, 0.1) is 14.7 Å². The zero-order chi connectivity index (χ0) is 20.5. The number of halogens is 1. The molecule has 0 amide bonds. The number of non-ortho nitro benzene ring substituents is 1. The first-order valence-corrected chi connectivity index (χ1v) is 9.97. The number of nitrogens with zero attached hydrogens (tertiary/aromatic N) is 1. The van der Waals surface area contributed by atoms with Crippen molar-refractivity contribution in [3.8, 4) is 0 Å². The molecule has 0 spiro atoms. The largest absolute Gasteiger partial charge is 0.289 e. The maximum Gasteiger partial charge on any atom is 0.270 e. The van der Waals surface area contributed by atoms with Crippen LogP contribution in [0, 0.1) is 17.0 Å². The van der Waals surface area contributed by atoms with Crippen molar-refractivity contribution in [1.82, 2.24) is 0 Å². The van der Waals surface area contributed by atoms with Crippen molar-refractivity contribution in [2.24, 2.45) is 0 Å². The number of sulfone groups is 1. The lowest BCUT2D eigenvalue weighted by atomic mass is 10.0. The van der Waals surface area contributed by atoms with Gasteiger partial charge >= 0.3 is 0 Å². The summed E-state index contributed by atoms with van der Waals surface area (Å²) in [7, 11) is -4.06. The molecule has 0 N–H and O–H groups in total. The third-order valence-electron chi connectivity index (χ3n) is 4.15. The second kappa shape index (κ2) is 7.53. The molecule has 0 aliphatic carbocycles. The molecule has 0 unspecified atom stereocenters. The van der Waals surface area contributed by atoms with E-state index in [1.54, 1.807) is 12.1 Å². The quantitative estimate of drug-likeness (QED) is 0.344. The summed E-state index contributed by atoms with van der Waals surface area (Å²) in [5.74, 6) is -0.647. The summed E-state index contributed by atoms with van der Waals surface area (Å²) in [6.45, 7) is 1.82. The molecule has 0 aliphatic rings. The fraction of sp³-hybridized carbons (Fsp3) is 0.0500. The number of rotatable bonds is 5. The minimum atomic E-state index is -4.06. The minimum Gasteiger partial charge on any atom is -0.289 e. The monoisotopic (exact) mass is 415 g/mol. The van der Waals surface area contributed by atoms with E-state index in [2.05, 4.69) is 0 Å². The van der Waals surface area contributed by atoms with Crippen molar-refractivity contribution in [3.05, 3.63) is 98.6 Å². The standard InChI is InChI=1S/C20H14ClNO5S/c1-13-2-9-17(10-3-13)28(26,27)19-11-8-16(22(24)25)12-18(19)20(23)14-4-6-15(21)7-5-14/h2-12H,1H3. The minimum absolute atomic E-state index is 0.00268. The summed E-state index contributed by atoms with van der Waals surface area (Å²) in [6, 6.07) is 15.1. The Morgan fingerprint density at radius 2 is 1.57 bits per heavy atom. The third kappa shape index (κ3) is 3.81. The number of nitro groups is 1. The molecular formula is C20H14ClNO5S. The summed E-state index contributed by atoms with van der Waals surface area (Å²) in [5.41, 5.74) is 0.405. The van der Waals surface area contributed by atoms with Gasteiger partial charge in [0.15, 0.2) is 5.78 Å². The summed E-state index contributed by atoms with van der Waals surface area (Å²) >= 11 is 5.83. The molecule has 6 nitrogen and oxygen atoms in total. The Kier molecular flexibility index (Phi) is 5.31. The van der Waals surface area contributed by atoms with E-state index in [0.29, 0.717) is 5.02 Å². The lowest BCUT2D eigenvalue weighted by Crippen LogP contribution is -2.11. The van der Waals surface area contributed by atoms with E-state index >= 15 is 0 Å². The van der Waals surface area contributed by atoms with Gasteiger partial charge in [-0.2, -0.15) is 0 Å². The van der Waals surface area contributed by atoms with Gasteiger partial charge in [-0.15, -0.1) is 0 Å². The Morgan fingerprint density at radius 3 is 2.14 bits per heavy atom. The summed E-state index contributed by atoms with van der Waals surface area (Å²) in [4.78, 5) is 23.1. The topological polar surface area (TPSA) is 94.3 Å². The highest BCUT2D eigenvalue weighted by Crippen LogP contribution is 2.29. The number of hydrogen-bond acceptors (Lipinski definition) is 5. The van der Waals surface area contributed by atoms with E-state index in [1.165, 1.54) is 36.4 Å². The SMILES string of the molecule is Cc1ccc(S(=O)(=O)c2ccc([N+](=O)[O-])cc2C(=O)c2ccc(Cl)cc2)cc1. The number of hydrogen-bond donors (Lipinski definition) is 0. The van der Waals surface area contributed by atoms with Gasteiger partial charge in [0, 0.05) is 28.3 Å². The Balaban J connectivity index is 2.21. The van der Waals surface area contributed by atoms with Crippen LogP contribution in [0.4, 0.5) is 5.69 Å². The molecule has 0 fully saturated rings. The Hall–Kier alpha value is -3.03. The lowest BCUT2D eigenvalue weighted by Gasteiger charge is -2.11. The molecule has 0 heterocycles. The van der Waals surface area contributed by atoms with E-state index in [0.717, 1.165) is 23.8 Å². The van der Waals surface area contributed by atoms with Crippen LogP contribution < -0.4 is 0 Å². The normalized spacial score (nSPS) is 11.2. The predicted octanol–water partition coefficient (Wildman–Crippen LogP) is 4.62. The maximum atomic E-state index is 13.1. The van der Waals surface area contributed by atoms with Gasteiger partial charge in [-0.05, 0) is 49.4 Å². The van der Waals surface area contributed by atoms with Crippen LogP contribution in [-0.2, 0) is 9.84 Å². The third-order valence-corrected chi connectivity index (χ3v) is 6.23. The molecule has 0 saturated heterocycles. The van der Waals surface area contributed by atoms with Crippen molar-refractivity contribution >= 4 is 32.9 Å². The highest BCUT2D eigenvalue weighted by atomic mass is 35.5. The molecule has 3 aromatic rings. The van der Waals surface area contributed by atoms with Gasteiger partial charge in [-0.25, -0.2) is 8.42 Å². The molecule has 3 rings (SSSR count). The Morgan fingerprint density at radius 1 is 0.964 bits per heavy atom. The average molecular weight is 416 g/mol. The van der Waals surface area contributed by atoms with Crippen molar-refractivity contribution < 1.29 is 18.1 Å². The van der Waals surface area contributed by atoms with Crippen molar-refractivity contribution in [2.45, 2.75) is 16.7 Å². The maximum absolute atomic E-state index is 13.1. The number of carbonyl (C=O) groups excluding carboxylic acids is 1. The molecule has 0 atom stereocenters. The Labute approximate surface area is 166 Å². The molecule has 0 bridgehead atoms. The van der Waals surface area contributed by atoms with Gasteiger partial charge in [-0.3, -0.25) is 14.9 Å². The smallest absolute Gasteiger partial charge is 0.270 e. The molecule has 0 saturated carbocycles. The van der Waals surface area contributed by atoms with Crippen molar-refractivity contribution in [3.63, 3.8) is 0 Å². The van der Waals surface area contributed by atoms with E-state index in [9.17, 15) is 23.3 Å². The van der Waals surface area contributed by atoms with Crippen LogP contribution in [-0.4, -0.2) is 19.1 Å². The van der Waals surface area contributed by atoms with Crippen LogP contribution in [0.1, 0.15) is 21.5 Å². The zero-order valence-electron chi connectivity index (χ0n) is 14.6. The van der Waals surface area contributed by atoms with E-state index in [1.807, 2.05) is 6.92 Å². The number of aryl methyl sites for hydroxylation is 1. The first kappa shape index (κ1) is 19.7. The van der Waals surface area contributed by atoms with Crippen LogP contribution in [0.5, 0.6) is 0 Å². The van der Waals surface area contributed by atoms with Gasteiger partial charge in [0.2, 0.25) is 9.84 Å². The second-order valence-corrected chi connectivity index (χ2v) is 8.44. The van der Waals surface area contributed by atoms with Crippen LogP contribution in [0.3, 0.4) is 0 Å². The van der Waals surface area contributed by atoms with Crippen LogP contribution in [0.15, 0.2) is 76.5 Å².